The van der Waals surface area contributed by atoms with Crippen molar-refractivity contribution in [2.24, 2.45) is 0 Å². The molecule has 1 aliphatic heterocycles. The third-order valence-corrected chi connectivity index (χ3v) is 3.71. The lowest BCUT2D eigenvalue weighted by molar-refractivity contribution is -0.384. The summed E-state index contributed by atoms with van der Waals surface area (Å²) >= 11 is 0. The van der Waals surface area contributed by atoms with Crippen molar-refractivity contribution in [3.05, 3.63) is 64.5 Å². The maximum Gasteiger partial charge on any atom is 0.269 e. The Labute approximate surface area is 128 Å². The second-order valence-corrected chi connectivity index (χ2v) is 5.37. The summed E-state index contributed by atoms with van der Waals surface area (Å²) in [4.78, 5) is 16.7. The van der Waals surface area contributed by atoms with E-state index in [2.05, 4.69) is 9.88 Å². The van der Waals surface area contributed by atoms with Crippen molar-refractivity contribution >= 4 is 5.69 Å². The predicted molar refractivity (Wildman–Crippen MR) is 81.6 cm³/mol. The molecule has 3 rings (SSSR count). The summed E-state index contributed by atoms with van der Waals surface area (Å²) < 4.78 is 5.92. The highest BCUT2D eigenvalue weighted by Crippen LogP contribution is 2.20. The topological polar surface area (TPSA) is 68.5 Å². The molecule has 2 heterocycles. The number of rotatable bonds is 5. The summed E-state index contributed by atoms with van der Waals surface area (Å²) in [6.07, 6.45) is 4.54. The molecule has 0 bridgehead atoms. The Balaban J connectivity index is 1.57. The number of nitrogens with zero attached hydrogens (tertiary/aromatic N) is 3. The number of hydrogen-bond donors (Lipinski definition) is 0. The predicted octanol–water partition coefficient (Wildman–Crippen LogP) is 2.64. The average Bonchev–Trinajstić information content (AvgIpc) is 2.95. The number of ether oxygens (including phenoxy) is 1. The summed E-state index contributed by atoms with van der Waals surface area (Å²) in [5.74, 6) is 0.831. The Morgan fingerprint density at radius 3 is 2.91 bits per heavy atom. The molecule has 2 aromatic rings. The van der Waals surface area contributed by atoms with Gasteiger partial charge in [0.25, 0.3) is 5.69 Å². The van der Waals surface area contributed by atoms with Gasteiger partial charge in [0.1, 0.15) is 11.9 Å². The monoisotopic (exact) mass is 299 g/mol. The molecule has 0 spiro atoms. The van der Waals surface area contributed by atoms with Gasteiger partial charge in [0.2, 0.25) is 0 Å². The summed E-state index contributed by atoms with van der Waals surface area (Å²) in [7, 11) is 0. The van der Waals surface area contributed by atoms with E-state index in [1.54, 1.807) is 24.5 Å². The van der Waals surface area contributed by atoms with Crippen molar-refractivity contribution < 1.29 is 9.66 Å². The lowest BCUT2D eigenvalue weighted by Gasteiger charge is -2.16. The molecule has 6 heteroatoms. The van der Waals surface area contributed by atoms with Crippen LogP contribution in [-0.2, 0) is 6.54 Å². The molecule has 114 valence electrons. The van der Waals surface area contributed by atoms with Crippen molar-refractivity contribution in [1.29, 1.82) is 0 Å². The molecule has 0 radical (unpaired) electrons. The van der Waals surface area contributed by atoms with E-state index in [0.29, 0.717) is 6.54 Å². The molecule has 1 aliphatic rings. The maximum atomic E-state index is 10.8. The number of pyridine rings is 1. The molecule has 22 heavy (non-hydrogen) atoms. The molecule has 1 saturated heterocycles. The first-order valence-corrected chi connectivity index (χ1v) is 7.23. The number of likely N-dealkylation sites (tertiary alicyclic amines) is 1. The van der Waals surface area contributed by atoms with Crippen molar-refractivity contribution in [3.63, 3.8) is 0 Å². The fourth-order valence-corrected chi connectivity index (χ4v) is 2.67. The van der Waals surface area contributed by atoms with Crippen molar-refractivity contribution in [2.75, 3.05) is 13.1 Å². The second-order valence-electron chi connectivity index (χ2n) is 5.37. The van der Waals surface area contributed by atoms with Gasteiger partial charge in [-0.3, -0.25) is 20.0 Å². The molecule has 0 aliphatic carbocycles. The normalized spacial score (nSPS) is 18.3. The Morgan fingerprint density at radius 2 is 2.14 bits per heavy atom. The molecule has 0 N–H and O–H groups in total. The number of benzene rings is 1. The van der Waals surface area contributed by atoms with E-state index in [0.717, 1.165) is 30.8 Å². The van der Waals surface area contributed by atoms with Gasteiger partial charge in [-0.2, -0.15) is 0 Å². The fraction of sp³-hybridized carbons (Fsp3) is 0.312. The highest BCUT2D eigenvalue weighted by Gasteiger charge is 2.24. The Kier molecular flexibility index (Phi) is 4.29. The van der Waals surface area contributed by atoms with Crippen molar-refractivity contribution in [1.82, 2.24) is 9.88 Å². The van der Waals surface area contributed by atoms with E-state index < -0.39 is 0 Å². The van der Waals surface area contributed by atoms with Crippen LogP contribution in [0.5, 0.6) is 5.75 Å². The largest absolute Gasteiger partial charge is 0.489 e. The van der Waals surface area contributed by atoms with Crippen LogP contribution in [0.3, 0.4) is 0 Å². The summed E-state index contributed by atoms with van der Waals surface area (Å²) in [5, 5.41) is 10.8. The molecule has 6 nitrogen and oxygen atoms in total. The minimum Gasteiger partial charge on any atom is -0.489 e. The van der Waals surface area contributed by atoms with Crippen molar-refractivity contribution in [3.8, 4) is 5.75 Å². The highest BCUT2D eigenvalue weighted by atomic mass is 16.6. The third kappa shape index (κ3) is 3.59. The number of aromatic nitrogens is 1. The standard InChI is InChI=1S/C16H17N3O3/c20-19(21)14-3-1-2-13(10-14)11-18-9-6-16(12-18)22-15-4-7-17-8-5-15/h1-5,7-8,10,16H,6,9,11-12H2/t16-/m0/s1. The van der Waals surface area contributed by atoms with Crippen LogP contribution >= 0.6 is 0 Å². The van der Waals surface area contributed by atoms with E-state index in [4.69, 9.17) is 4.74 Å². The smallest absolute Gasteiger partial charge is 0.269 e. The van der Waals surface area contributed by atoms with Gasteiger partial charge in [-0.25, -0.2) is 0 Å². The Hall–Kier alpha value is -2.47. The quantitative estimate of drug-likeness (QED) is 0.627. The average molecular weight is 299 g/mol. The lowest BCUT2D eigenvalue weighted by Crippen LogP contribution is -2.24. The second kappa shape index (κ2) is 6.53. The van der Waals surface area contributed by atoms with Crippen LogP contribution in [-0.4, -0.2) is 34.0 Å². The molecule has 0 saturated carbocycles. The van der Waals surface area contributed by atoms with Gasteiger partial charge in [0.05, 0.1) is 4.92 Å². The minimum absolute atomic E-state index is 0.140. The van der Waals surface area contributed by atoms with Gasteiger partial charge in [-0.15, -0.1) is 0 Å². The van der Waals surface area contributed by atoms with Crippen LogP contribution in [0.15, 0.2) is 48.8 Å². The van der Waals surface area contributed by atoms with Gasteiger partial charge in [0, 0.05) is 44.2 Å². The maximum absolute atomic E-state index is 10.8. The molecule has 0 amide bonds. The zero-order valence-electron chi connectivity index (χ0n) is 12.1. The number of hydrogen-bond acceptors (Lipinski definition) is 5. The first-order valence-electron chi connectivity index (χ1n) is 7.23. The van der Waals surface area contributed by atoms with Gasteiger partial charge >= 0.3 is 0 Å². The van der Waals surface area contributed by atoms with Crippen LogP contribution in [0.2, 0.25) is 0 Å². The summed E-state index contributed by atoms with van der Waals surface area (Å²) in [6, 6.07) is 10.5. The third-order valence-electron chi connectivity index (χ3n) is 3.71. The van der Waals surface area contributed by atoms with Crippen LogP contribution in [0.25, 0.3) is 0 Å². The summed E-state index contributed by atoms with van der Waals surface area (Å²) in [5.41, 5.74) is 1.10. The fourth-order valence-electron chi connectivity index (χ4n) is 2.67. The highest BCUT2D eigenvalue weighted by molar-refractivity contribution is 5.34. The van der Waals surface area contributed by atoms with Gasteiger partial charge < -0.3 is 4.74 Å². The van der Waals surface area contributed by atoms with E-state index in [9.17, 15) is 10.1 Å². The van der Waals surface area contributed by atoms with E-state index in [1.807, 2.05) is 18.2 Å². The number of nitro groups is 1. The molecular weight excluding hydrogens is 282 g/mol. The summed E-state index contributed by atoms with van der Waals surface area (Å²) in [6.45, 7) is 2.46. The number of nitro benzene ring substituents is 1. The van der Waals surface area contributed by atoms with Gasteiger partial charge in [-0.05, 0) is 24.1 Å². The zero-order chi connectivity index (χ0) is 15.4. The van der Waals surface area contributed by atoms with Crippen molar-refractivity contribution in [2.45, 2.75) is 19.1 Å². The van der Waals surface area contributed by atoms with E-state index in [1.165, 1.54) is 6.07 Å². The minimum atomic E-state index is -0.358. The van der Waals surface area contributed by atoms with E-state index in [-0.39, 0.29) is 16.7 Å². The molecule has 0 unspecified atom stereocenters. The van der Waals surface area contributed by atoms with E-state index >= 15 is 0 Å². The van der Waals surface area contributed by atoms with Crippen LogP contribution in [0, 0.1) is 10.1 Å². The molecular formula is C16H17N3O3. The number of non-ortho nitro benzene ring substituents is 1. The molecule has 1 aromatic heterocycles. The Bertz CT molecular complexity index is 648. The molecule has 1 aromatic carbocycles. The molecule has 1 fully saturated rings. The van der Waals surface area contributed by atoms with Crippen LogP contribution < -0.4 is 4.74 Å². The van der Waals surface area contributed by atoms with Gasteiger partial charge in [-0.1, -0.05) is 12.1 Å². The van der Waals surface area contributed by atoms with Crippen LogP contribution in [0.4, 0.5) is 5.69 Å². The molecule has 1 atom stereocenters. The van der Waals surface area contributed by atoms with Crippen LogP contribution in [0.1, 0.15) is 12.0 Å². The lowest BCUT2D eigenvalue weighted by atomic mass is 10.2. The van der Waals surface area contributed by atoms with Gasteiger partial charge in [0.15, 0.2) is 0 Å². The zero-order valence-corrected chi connectivity index (χ0v) is 12.1. The Morgan fingerprint density at radius 1 is 1.32 bits per heavy atom. The SMILES string of the molecule is O=[N+]([O-])c1cccc(CN2CC[C@H](Oc3ccncc3)C2)c1. The first-order chi connectivity index (χ1) is 10.7. The first kappa shape index (κ1) is 14.5.